The van der Waals surface area contributed by atoms with Crippen molar-refractivity contribution in [3.05, 3.63) is 34.7 Å². The van der Waals surface area contributed by atoms with E-state index in [-0.39, 0.29) is 0 Å². The van der Waals surface area contributed by atoms with Crippen LogP contribution >= 0.6 is 23.1 Å². The van der Waals surface area contributed by atoms with Crippen LogP contribution in [0.25, 0.3) is 11.3 Å². The molecule has 0 bridgehead atoms. The Kier molecular flexibility index (Phi) is 4.20. The summed E-state index contributed by atoms with van der Waals surface area (Å²) in [5.41, 5.74) is 7.88. The highest BCUT2D eigenvalue weighted by molar-refractivity contribution is 7.98. The Balaban J connectivity index is 2.24. The van der Waals surface area contributed by atoms with Gasteiger partial charge in [-0.05, 0) is 18.4 Å². The molecule has 2 rings (SSSR count). The van der Waals surface area contributed by atoms with E-state index >= 15 is 0 Å². The lowest BCUT2D eigenvalue weighted by Crippen LogP contribution is -2.08. The monoisotopic (exact) mass is 264 g/mol. The Labute approximate surface area is 110 Å². The lowest BCUT2D eigenvalue weighted by molar-refractivity contribution is 0.766. The lowest BCUT2D eigenvalue weighted by atomic mass is 10.1. The first-order valence-corrected chi connectivity index (χ1v) is 7.65. The van der Waals surface area contributed by atoms with Crippen LogP contribution < -0.4 is 5.73 Å². The minimum absolute atomic E-state index is 0.347. The standard InChI is InChI=1S/C13H16N2S2/c1-9(7-14)13-15-12(8-17-13)10-3-5-11(16-2)6-4-10/h3-6,8-9H,7,14H2,1-2H3. The van der Waals surface area contributed by atoms with Crippen molar-refractivity contribution in [2.75, 3.05) is 12.8 Å². The number of thiazole rings is 1. The highest BCUT2D eigenvalue weighted by Crippen LogP contribution is 2.27. The summed E-state index contributed by atoms with van der Waals surface area (Å²) in [7, 11) is 0. The Bertz CT molecular complexity index is 476. The van der Waals surface area contributed by atoms with E-state index in [2.05, 4.69) is 47.8 Å². The molecule has 90 valence electrons. The number of hydrogen-bond acceptors (Lipinski definition) is 4. The molecule has 0 aliphatic heterocycles. The van der Waals surface area contributed by atoms with Crippen LogP contribution in [0.3, 0.4) is 0 Å². The fraction of sp³-hybridized carbons (Fsp3) is 0.308. The maximum atomic E-state index is 5.65. The summed E-state index contributed by atoms with van der Waals surface area (Å²) in [6.45, 7) is 2.76. The van der Waals surface area contributed by atoms with Crippen molar-refractivity contribution in [1.82, 2.24) is 4.98 Å². The fourth-order valence-electron chi connectivity index (χ4n) is 1.51. The van der Waals surface area contributed by atoms with Gasteiger partial charge in [0.1, 0.15) is 0 Å². The van der Waals surface area contributed by atoms with Gasteiger partial charge in [-0.15, -0.1) is 23.1 Å². The number of hydrogen-bond donors (Lipinski definition) is 1. The molecule has 0 fully saturated rings. The zero-order chi connectivity index (χ0) is 12.3. The molecule has 0 radical (unpaired) electrons. The second-order valence-electron chi connectivity index (χ2n) is 3.94. The average Bonchev–Trinajstić information content (AvgIpc) is 2.87. The summed E-state index contributed by atoms with van der Waals surface area (Å²) >= 11 is 3.44. The SMILES string of the molecule is CSc1ccc(-c2csc(C(C)CN)n2)cc1. The second-order valence-corrected chi connectivity index (χ2v) is 5.71. The molecule has 0 saturated carbocycles. The van der Waals surface area contributed by atoms with Crippen LogP contribution in [0.2, 0.25) is 0 Å². The largest absolute Gasteiger partial charge is 0.330 e. The van der Waals surface area contributed by atoms with Gasteiger partial charge in [-0.25, -0.2) is 4.98 Å². The molecule has 0 aliphatic carbocycles. The molecule has 0 amide bonds. The molecule has 1 atom stereocenters. The average molecular weight is 264 g/mol. The summed E-state index contributed by atoms with van der Waals surface area (Å²) in [4.78, 5) is 5.92. The van der Waals surface area contributed by atoms with Crippen molar-refractivity contribution in [2.24, 2.45) is 5.73 Å². The van der Waals surface area contributed by atoms with Crippen LogP contribution in [0.5, 0.6) is 0 Å². The molecule has 4 heteroatoms. The first kappa shape index (κ1) is 12.6. The third-order valence-corrected chi connectivity index (χ3v) is 4.50. The van der Waals surface area contributed by atoms with Crippen LogP contribution in [-0.4, -0.2) is 17.8 Å². The van der Waals surface area contributed by atoms with Crippen LogP contribution in [0, 0.1) is 0 Å². The number of nitrogens with two attached hydrogens (primary N) is 1. The van der Waals surface area contributed by atoms with Crippen molar-refractivity contribution in [3.63, 3.8) is 0 Å². The quantitative estimate of drug-likeness (QED) is 0.858. The third kappa shape index (κ3) is 2.89. The molecule has 2 N–H and O–H groups in total. The number of thioether (sulfide) groups is 1. The minimum Gasteiger partial charge on any atom is -0.330 e. The van der Waals surface area contributed by atoms with Crippen molar-refractivity contribution in [1.29, 1.82) is 0 Å². The van der Waals surface area contributed by atoms with E-state index < -0.39 is 0 Å². The van der Waals surface area contributed by atoms with E-state index in [1.165, 1.54) is 10.5 Å². The van der Waals surface area contributed by atoms with Gasteiger partial charge in [-0.3, -0.25) is 0 Å². The van der Waals surface area contributed by atoms with E-state index in [0.29, 0.717) is 12.5 Å². The van der Waals surface area contributed by atoms with E-state index in [1.807, 2.05) is 0 Å². The summed E-state index contributed by atoms with van der Waals surface area (Å²) < 4.78 is 0. The molecule has 17 heavy (non-hydrogen) atoms. The van der Waals surface area contributed by atoms with Gasteiger partial charge in [-0.1, -0.05) is 19.1 Å². The molecule has 2 nitrogen and oxygen atoms in total. The van der Waals surface area contributed by atoms with Crippen LogP contribution in [-0.2, 0) is 0 Å². The lowest BCUT2D eigenvalue weighted by Gasteiger charge is -2.02. The van der Waals surface area contributed by atoms with E-state index in [1.54, 1.807) is 23.1 Å². The molecule has 0 spiro atoms. The second kappa shape index (κ2) is 5.67. The van der Waals surface area contributed by atoms with Crippen molar-refractivity contribution >= 4 is 23.1 Å². The van der Waals surface area contributed by atoms with Gasteiger partial charge in [0, 0.05) is 28.3 Å². The normalized spacial score (nSPS) is 12.6. The predicted molar refractivity (Wildman–Crippen MR) is 76.8 cm³/mol. The van der Waals surface area contributed by atoms with Crippen LogP contribution in [0.4, 0.5) is 0 Å². The summed E-state index contributed by atoms with van der Waals surface area (Å²) in [6, 6.07) is 8.51. The third-order valence-electron chi connectivity index (χ3n) is 2.68. The molecule has 1 heterocycles. The highest BCUT2D eigenvalue weighted by Gasteiger charge is 2.09. The topological polar surface area (TPSA) is 38.9 Å². The molecular weight excluding hydrogens is 248 g/mol. The molecule has 0 saturated heterocycles. The Morgan fingerprint density at radius 2 is 2.06 bits per heavy atom. The molecule has 1 aromatic heterocycles. The first-order chi connectivity index (χ1) is 8.24. The maximum absolute atomic E-state index is 5.65. The van der Waals surface area contributed by atoms with E-state index in [4.69, 9.17) is 5.73 Å². The van der Waals surface area contributed by atoms with Gasteiger partial charge in [0.15, 0.2) is 0 Å². The van der Waals surface area contributed by atoms with Gasteiger partial charge in [-0.2, -0.15) is 0 Å². The Morgan fingerprint density at radius 3 is 2.65 bits per heavy atom. The predicted octanol–water partition coefficient (Wildman–Crippen LogP) is 3.59. The van der Waals surface area contributed by atoms with Gasteiger partial charge < -0.3 is 5.73 Å². The van der Waals surface area contributed by atoms with Gasteiger partial charge in [0.25, 0.3) is 0 Å². The van der Waals surface area contributed by atoms with Gasteiger partial charge in [0.05, 0.1) is 10.7 Å². The van der Waals surface area contributed by atoms with Crippen LogP contribution in [0.1, 0.15) is 17.8 Å². The maximum Gasteiger partial charge on any atom is 0.0973 e. The van der Waals surface area contributed by atoms with Gasteiger partial charge in [0.2, 0.25) is 0 Å². The Hall–Kier alpha value is -0.840. The zero-order valence-electron chi connectivity index (χ0n) is 10.0. The number of nitrogens with zero attached hydrogens (tertiary/aromatic N) is 1. The fourth-order valence-corrected chi connectivity index (χ4v) is 2.82. The van der Waals surface area contributed by atoms with Crippen molar-refractivity contribution < 1.29 is 0 Å². The number of aromatic nitrogens is 1. The Morgan fingerprint density at radius 1 is 1.35 bits per heavy atom. The zero-order valence-corrected chi connectivity index (χ0v) is 11.6. The van der Waals surface area contributed by atoms with Gasteiger partial charge >= 0.3 is 0 Å². The van der Waals surface area contributed by atoms with E-state index in [9.17, 15) is 0 Å². The van der Waals surface area contributed by atoms with Crippen molar-refractivity contribution in [2.45, 2.75) is 17.7 Å². The van der Waals surface area contributed by atoms with E-state index in [0.717, 1.165) is 10.7 Å². The highest BCUT2D eigenvalue weighted by atomic mass is 32.2. The molecule has 1 aromatic carbocycles. The summed E-state index contributed by atoms with van der Waals surface area (Å²) in [5, 5.41) is 3.23. The van der Waals surface area contributed by atoms with Crippen LogP contribution in [0.15, 0.2) is 34.5 Å². The number of benzene rings is 1. The smallest absolute Gasteiger partial charge is 0.0973 e. The minimum atomic E-state index is 0.347. The molecule has 1 unspecified atom stereocenters. The van der Waals surface area contributed by atoms with Crippen molar-refractivity contribution in [3.8, 4) is 11.3 Å². The first-order valence-electron chi connectivity index (χ1n) is 5.54. The number of rotatable bonds is 4. The molecule has 2 aromatic rings. The summed E-state index contributed by atoms with van der Waals surface area (Å²) in [6.07, 6.45) is 2.08. The molecule has 0 aliphatic rings. The molecular formula is C13H16N2S2. The summed E-state index contributed by atoms with van der Waals surface area (Å²) in [5.74, 6) is 0.347.